The van der Waals surface area contributed by atoms with Crippen molar-refractivity contribution in [2.45, 2.75) is 20.0 Å². The van der Waals surface area contributed by atoms with E-state index >= 15 is 0 Å². The van der Waals surface area contributed by atoms with Gasteiger partial charge in [0, 0.05) is 24.2 Å². The van der Waals surface area contributed by atoms with E-state index in [4.69, 9.17) is 5.73 Å². The lowest BCUT2D eigenvalue weighted by molar-refractivity contribution is 0.798. The van der Waals surface area contributed by atoms with Gasteiger partial charge in [0.05, 0.1) is 6.17 Å². The first-order valence-corrected chi connectivity index (χ1v) is 4.59. The van der Waals surface area contributed by atoms with E-state index in [1.807, 2.05) is 38.3 Å². The van der Waals surface area contributed by atoms with Crippen LogP contribution in [0.5, 0.6) is 0 Å². The molecule has 0 spiro atoms. The van der Waals surface area contributed by atoms with Crippen LogP contribution in [0.15, 0.2) is 35.6 Å². The molecule has 14 heavy (non-hydrogen) atoms. The van der Waals surface area contributed by atoms with Gasteiger partial charge in [-0.05, 0) is 25.5 Å². The van der Waals surface area contributed by atoms with Crippen LogP contribution in [-0.2, 0) is 0 Å². The fraction of sp³-hybridized carbons (Fsp3) is 0.273. The number of hydrogen-bond acceptors (Lipinski definition) is 3. The van der Waals surface area contributed by atoms with Crippen molar-refractivity contribution in [2.24, 2.45) is 10.7 Å². The third-order valence-corrected chi connectivity index (χ3v) is 1.75. The zero-order valence-electron chi connectivity index (χ0n) is 8.51. The summed E-state index contributed by atoms with van der Waals surface area (Å²) in [6, 6.07) is 3.90. The van der Waals surface area contributed by atoms with Crippen molar-refractivity contribution >= 4 is 11.8 Å². The Morgan fingerprint density at radius 1 is 1.64 bits per heavy atom. The first-order valence-electron chi connectivity index (χ1n) is 4.59. The number of aromatic nitrogens is 1. The van der Waals surface area contributed by atoms with Crippen molar-refractivity contribution in [2.75, 3.05) is 0 Å². The minimum atomic E-state index is -0.165. The van der Waals surface area contributed by atoms with Crippen molar-refractivity contribution < 1.29 is 0 Å². The molecule has 0 saturated heterocycles. The highest BCUT2D eigenvalue weighted by molar-refractivity contribution is 6.09. The number of nitrogens with two attached hydrogens (primary N) is 1. The number of allylic oxidation sites excluding steroid dienone is 2. The van der Waals surface area contributed by atoms with Gasteiger partial charge in [-0.15, -0.1) is 0 Å². The molecule has 0 aromatic carbocycles. The lowest BCUT2D eigenvalue weighted by Crippen LogP contribution is -2.11. The minimum absolute atomic E-state index is 0.165. The van der Waals surface area contributed by atoms with Crippen LogP contribution >= 0.6 is 0 Å². The molecule has 0 fully saturated rings. The summed E-state index contributed by atoms with van der Waals surface area (Å²) in [4.78, 5) is 8.18. The molecule has 0 amide bonds. The van der Waals surface area contributed by atoms with Crippen LogP contribution in [0.3, 0.4) is 0 Å². The molecule has 0 bridgehead atoms. The highest BCUT2D eigenvalue weighted by Gasteiger charge is 1.96. The summed E-state index contributed by atoms with van der Waals surface area (Å²) in [6.07, 6.45) is 7.16. The molecule has 0 aliphatic carbocycles. The first kappa shape index (κ1) is 10.6. The maximum atomic E-state index is 5.53. The second-order valence-corrected chi connectivity index (χ2v) is 3.00. The Balaban J connectivity index is 2.85. The van der Waals surface area contributed by atoms with Gasteiger partial charge < -0.3 is 5.73 Å². The summed E-state index contributed by atoms with van der Waals surface area (Å²) in [7, 11) is 0. The smallest absolute Gasteiger partial charge is 0.0940 e. The summed E-state index contributed by atoms with van der Waals surface area (Å²) in [5.74, 6) is 0. The Morgan fingerprint density at radius 2 is 2.43 bits per heavy atom. The summed E-state index contributed by atoms with van der Waals surface area (Å²) in [6.45, 7) is 3.81. The maximum Gasteiger partial charge on any atom is 0.0940 e. The molecule has 3 nitrogen and oxygen atoms in total. The third kappa shape index (κ3) is 3.11. The van der Waals surface area contributed by atoms with Crippen LogP contribution in [-0.4, -0.2) is 17.4 Å². The Kier molecular flexibility index (Phi) is 4.01. The third-order valence-electron chi connectivity index (χ3n) is 1.75. The van der Waals surface area contributed by atoms with Gasteiger partial charge in [0.15, 0.2) is 0 Å². The van der Waals surface area contributed by atoms with Crippen LogP contribution in [0.2, 0.25) is 0 Å². The Morgan fingerprint density at radius 3 is 2.93 bits per heavy atom. The summed E-state index contributed by atoms with van der Waals surface area (Å²) >= 11 is 0. The molecule has 2 N–H and O–H groups in total. The standard InChI is InChI=1S/C11H15N3/c1-3-10(8-14-9(2)12)11-5-4-6-13-7-11/h3-9H,12H2,1-2H3/b10-3+,14-8-. The topological polar surface area (TPSA) is 51.3 Å². The molecule has 1 atom stereocenters. The van der Waals surface area contributed by atoms with Gasteiger partial charge in [0.25, 0.3) is 0 Å². The van der Waals surface area contributed by atoms with E-state index < -0.39 is 0 Å². The minimum Gasteiger partial charge on any atom is -0.310 e. The quantitative estimate of drug-likeness (QED) is 0.738. The van der Waals surface area contributed by atoms with Gasteiger partial charge in [-0.1, -0.05) is 12.1 Å². The molecule has 1 heterocycles. The average Bonchev–Trinajstić information content (AvgIpc) is 2.20. The Hall–Kier alpha value is -1.48. The van der Waals surface area contributed by atoms with E-state index in [9.17, 15) is 0 Å². The molecule has 3 heteroatoms. The number of aliphatic imine (C=N–C) groups is 1. The maximum absolute atomic E-state index is 5.53. The van der Waals surface area contributed by atoms with Crippen LogP contribution < -0.4 is 5.73 Å². The van der Waals surface area contributed by atoms with Crippen LogP contribution in [0.4, 0.5) is 0 Å². The number of hydrogen-bond donors (Lipinski definition) is 1. The highest BCUT2D eigenvalue weighted by Crippen LogP contribution is 2.09. The number of nitrogens with zero attached hydrogens (tertiary/aromatic N) is 2. The van der Waals surface area contributed by atoms with Gasteiger partial charge in [-0.3, -0.25) is 9.98 Å². The SMILES string of the molecule is C/C=C(\C=N/C(C)N)c1cccnc1. The van der Waals surface area contributed by atoms with E-state index in [0.29, 0.717) is 0 Å². The van der Waals surface area contributed by atoms with E-state index in [0.717, 1.165) is 11.1 Å². The first-order chi connectivity index (χ1) is 6.74. The normalized spacial score (nSPS) is 14.6. The average molecular weight is 189 g/mol. The molecular weight excluding hydrogens is 174 g/mol. The molecular formula is C11H15N3. The molecule has 0 radical (unpaired) electrons. The molecule has 74 valence electrons. The van der Waals surface area contributed by atoms with Gasteiger partial charge in [0.1, 0.15) is 0 Å². The van der Waals surface area contributed by atoms with Crippen LogP contribution in [0, 0.1) is 0 Å². The zero-order chi connectivity index (χ0) is 10.4. The predicted octanol–water partition coefficient (Wildman–Crippen LogP) is 1.86. The lowest BCUT2D eigenvalue weighted by Gasteiger charge is -2.01. The van der Waals surface area contributed by atoms with E-state index in [1.165, 1.54) is 0 Å². The van der Waals surface area contributed by atoms with Crippen molar-refractivity contribution in [1.29, 1.82) is 0 Å². The number of rotatable bonds is 3. The number of pyridine rings is 1. The lowest BCUT2D eigenvalue weighted by atomic mass is 10.1. The van der Waals surface area contributed by atoms with Gasteiger partial charge in [-0.2, -0.15) is 0 Å². The van der Waals surface area contributed by atoms with Gasteiger partial charge in [0.2, 0.25) is 0 Å². The molecule has 0 saturated carbocycles. The van der Waals surface area contributed by atoms with Gasteiger partial charge >= 0.3 is 0 Å². The summed E-state index contributed by atoms with van der Waals surface area (Å²) < 4.78 is 0. The van der Waals surface area contributed by atoms with E-state index in [2.05, 4.69) is 9.98 Å². The van der Waals surface area contributed by atoms with E-state index in [1.54, 1.807) is 12.4 Å². The zero-order valence-corrected chi connectivity index (χ0v) is 8.51. The summed E-state index contributed by atoms with van der Waals surface area (Å²) in [5, 5.41) is 0. The second-order valence-electron chi connectivity index (χ2n) is 3.00. The van der Waals surface area contributed by atoms with Crippen LogP contribution in [0.25, 0.3) is 5.57 Å². The molecule has 1 unspecified atom stereocenters. The molecule has 0 aliphatic heterocycles. The van der Waals surface area contributed by atoms with Crippen molar-refractivity contribution in [3.05, 3.63) is 36.2 Å². The summed E-state index contributed by atoms with van der Waals surface area (Å²) in [5.41, 5.74) is 7.63. The van der Waals surface area contributed by atoms with Gasteiger partial charge in [-0.25, -0.2) is 0 Å². The highest BCUT2D eigenvalue weighted by atomic mass is 14.9. The van der Waals surface area contributed by atoms with E-state index in [-0.39, 0.29) is 6.17 Å². The molecule has 1 aromatic rings. The van der Waals surface area contributed by atoms with Crippen LogP contribution in [0.1, 0.15) is 19.4 Å². The van der Waals surface area contributed by atoms with Crippen molar-refractivity contribution in [3.8, 4) is 0 Å². The Labute approximate surface area is 84.4 Å². The van der Waals surface area contributed by atoms with Crippen molar-refractivity contribution in [3.63, 3.8) is 0 Å². The predicted molar refractivity (Wildman–Crippen MR) is 60.0 cm³/mol. The molecule has 1 rings (SSSR count). The Bertz CT molecular complexity index is 326. The van der Waals surface area contributed by atoms with Crippen molar-refractivity contribution in [1.82, 2.24) is 4.98 Å². The fourth-order valence-electron chi connectivity index (χ4n) is 1.05. The molecule has 1 aromatic heterocycles. The fourth-order valence-corrected chi connectivity index (χ4v) is 1.05. The molecule has 0 aliphatic rings. The second kappa shape index (κ2) is 5.29. The monoisotopic (exact) mass is 189 g/mol. The largest absolute Gasteiger partial charge is 0.310 e.